The number of likely N-dealkylation sites (tertiary alicyclic amines) is 1. The predicted molar refractivity (Wildman–Crippen MR) is 79.8 cm³/mol. The van der Waals surface area contributed by atoms with Gasteiger partial charge in [-0.25, -0.2) is 0 Å². The van der Waals surface area contributed by atoms with E-state index in [0.717, 1.165) is 31.9 Å². The molecule has 0 aliphatic carbocycles. The first-order valence-electron chi connectivity index (χ1n) is 7.36. The van der Waals surface area contributed by atoms with Crippen LogP contribution in [-0.2, 0) is 16.1 Å². The molecule has 2 heterocycles. The van der Waals surface area contributed by atoms with Gasteiger partial charge < -0.3 is 10.2 Å². The Morgan fingerprint density at radius 1 is 1.38 bits per heavy atom. The molecule has 0 saturated carbocycles. The number of carbonyl (C=O) groups is 2. The highest BCUT2D eigenvalue weighted by Crippen LogP contribution is 2.16. The molecule has 1 fully saturated rings. The number of anilines is 1. The minimum absolute atomic E-state index is 0.147. The van der Waals surface area contributed by atoms with Crippen LogP contribution in [0.4, 0.5) is 5.69 Å². The molecule has 1 aromatic heterocycles. The number of aromatic nitrogens is 2. The lowest BCUT2D eigenvalue weighted by Crippen LogP contribution is -2.31. The zero-order chi connectivity index (χ0) is 15.4. The Kier molecular flexibility index (Phi) is 4.95. The van der Waals surface area contributed by atoms with Crippen molar-refractivity contribution in [3.05, 3.63) is 12.4 Å². The molecule has 1 unspecified atom stereocenters. The number of carbonyl (C=O) groups excluding carboxylic acids is 2. The Balaban J connectivity index is 1.89. The van der Waals surface area contributed by atoms with E-state index >= 15 is 0 Å². The van der Waals surface area contributed by atoms with Crippen molar-refractivity contribution in [2.75, 3.05) is 32.0 Å². The fraction of sp³-hybridized carbons (Fsp3) is 0.643. The van der Waals surface area contributed by atoms with Gasteiger partial charge in [0.1, 0.15) is 6.04 Å². The van der Waals surface area contributed by atoms with E-state index < -0.39 is 6.04 Å². The van der Waals surface area contributed by atoms with Gasteiger partial charge in [-0.3, -0.25) is 19.2 Å². The van der Waals surface area contributed by atoms with Crippen molar-refractivity contribution in [2.45, 2.75) is 32.9 Å². The van der Waals surface area contributed by atoms with Crippen LogP contribution >= 0.6 is 0 Å². The van der Waals surface area contributed by atoms with Gasteiger partial charge in [-0.15, -0.1) is 0 Å². The quantitative estimate of drug-likeness (QED) is 0.737. The molecule has 2 rings (SSSR count). The Morgan fingerprint density at radius 3 is 2.67 bits per heavy atom. The van der Waals surface area contributed by atoms with E-state index in [9.17, 15) is 9.59 Å². The smallest absolute Gasteiger partial charge is 0.251 e. The van der Waals surface area contributed by atoms with E-state index in [2.05, 4.69) is 29.2 Å². The average molecular weight is 293 g/mol. The van der Waals surface area contributed by atoms with Crippen LogP contribution in [0.1, 0.15) is 20.3 Å². The summed E-state index contributed by atoms with van der Waals surface area (Å²) in [4.78, 5) is 26.8. The second-order valence-electron chi connectivity index (χ2n) is 5.21. The summed E-state index contributed by atoms with van der Waals surface area (Å²) < 4.78 is 1.85. The molecule has 1 atom stereocenters. The fourth-order valence-corrected chi connectivity index (χ4v) is 2.41. The van der Waals surface area contributed by atoms with Crippen molar-refractivity contribution in [3.63, 3.8) is 0 Å². The number of nitrogens with one attached hydrogen (secondary N) is 1. The van der Waals surface area contributed by atoms with E-state index in [-0.39, 0.29) is 18.2 Å². The second-order valence-corrected chi connectivity index (χ2v) is 5.21. The molecule has 0 aromatic carbocycles. The number of hydrogen-bond acceptors (Lipinski definition) is 5. The summed E-state index contributed by atoms with van der Waals surface area (Å²) in [5.74, 6) is -0.331. The maximum Gasteiger partial charge on any atom is 0.251 e. The summed E-state index contributed by atoms with van der Waals surface area (Å²) in [5.41, 5.74) is 0.774. The molecule has 1 saturated heterocycles. The minimum atomic E-state index is -0.470. The minimum Gasteiger partial charge on any atom is -0.371 e. The topological polar surface area (TPSA) is 70.5 Å². The van der Waals surface area contributed by atoms with Crippen LogP contribution in [0.15, 0.2) is 12.4 Å². The molecule has 1 aromatic rings. The molecule has 1 aliphatic heterocycles. The van der Waals surface area contributed by atoms with E-state index in [1.54, 1.807) is 6.20 Å². The van der Waals surface area contributed by atoms with E-state index in [1.165, 1.54) is 11.9 Å². The Bertz CT molecular complexity index is 509. The van der Waals surface area contributed by atoms with Crippen LogP contribution in [0.5, 0.6) is 0 Å². The SMILES string of the molecule is CCN(CC)CCn1cc(NC2CC(=O)N(C)C2=O)cn1. The van der Waals surface area contributed by atoms with Gasteiger partial charge in [0.05, 0.1) is 24.8 Å². The lowest BCUT2D eigenvalue weighted by molar-refractivity contribution is -0.136. The number of imide groups is 1. The molecule has 7 heteroatoms. The van der Waals surface area contributed by atoms with Crippen LogP contribution < -0.4 is 5.32 Å². The van der Waals surface area contributed by atoms with E-state index in [0.29, 0.717) is 0 Å². The predicted octanol–water partition coefficient (Wildman–Crippen LogP) is 0.394. The van der Waals surface area contributed by atoms with Crippen LogP contribution in [0.25, 0.3) is 0 Å². The van der Waals surface area contributed by atoms with Crippen LogP contribution in [-0.4, -0.2) is 64.1 Å². The molecule has 21 heavy (non-hydrogen) atoms. The highest BCUT2D eigenvalue weighted by Gasteiger charge is 2.36. The zero-order valence-electron chi connectivity index (χ0n) is 12.9. The maximum absolute atomic E-state index is 11.8. The maximum atomic E-state index is 11.8. The fourth-order valence-electron chi connectivity index (χ4n) is 2.41. The molecule has 2 amide bonds. The van der Waals surface area contributed by atoms with Crippen LogP contribution in [0, 0.1) is 0 Å². The van der Waals surface area contributed by atoms with Gasteiger partial charge >= 0.3 is 0 Å². The number of amides is 2. The molecular weight excluding hydrogens is 270 g/mol. The first kappa shape index (κ1) is 15.5. The van der Waals surface area contributed by atoms with Crippen LogP contribution in [0.2, 0.25) is 0 Å². The van der Waals surface area contributed by atoms with Crippen molar-refractivity contribution in [2.24, 2.45) is 0 Å². The molecule has 0 radical (unpaired) electrons. The number of likely N-dealkylation sites (N-methyl/N-ethyl adjacent to an activating group) is 2. The molecule has 0 bridgehead atoms. The summed E-state index contributed by atoms with van der Waals surface area (Å²) >= 11 is 0. The zero-order valence-corrected chi connectivity index (χ0v) is 12.9. The molecule has 0 spiro atoms. The average Bonchev–Trinajstić information content (AvgIpc) is 3.02. The molecular formula is C14H23N5O2. The van der Waals surface area contributed by atoms with Crippen molar-refractivity contribution >= 4 is 17.5 Å². The van der Waals surface area contributed by atoms with Crippen molar-refractivity contribution in [1.82, 2.24) is 19.6 Å². The first-order chi connectivity index (χ1) is 10.0. The summed E-state index contributed by atoms with van der Waals surface area (Å²) in [6.07, 6.45) is 3.78. The van der Waals surface area contributed by atoms with Crippen molar-refractivity contribution < 1.29 is 9.59 Å². The highest BCUT2D eigenvalue weighted by atomic mass is 16.2. The standard InChI is InChI=1S/C14H23N5O2/c1-4-18(5-2)6-7-19-10-11(9-15-19)16-12-8-13(20)17(3)14(12)21/h9-10,12,16H,4-8H2,1-3H3. The number of hydrogen-bond donors (Lipinski definition) is 1. The number of rotatable bonds is 7. The molecule has 1 N–H and O–H groups in total. The highest BCUT2D eigenvalue weighted by molar-refractivity contribution is 6.06. The van der Waals surface area contributed by atoms with Gasteiger partial charge in [0, 0.05) is 19.8 Å². The third-order valence-corrected chi connectivity index (χ3v) is 3.90. The van der Waals surface area contributed by atoms with Crippen molar-refractivity contribution in [3.8, 4) is 0 Å². The molecule has 116 valence electrons. The van der Waals surface area contributed by atoms with Gasteiger partial charge in [0.2, 0.25) is 5.91 Å². The van der Waals surface area contributed by atoms with Gasteiger partial charge in [0.15, 0.2) is 0 Å². The second kappa shape index (κ2) is 6.71. The van der Waals surface area contributed by atoms with Crippen LogP contribution in [0.3, 0.4) is 0 Å². The summed E-state index contributed by atoms with van der Waals surface area (Å²) in [6.45, 7) is 8.07. The van der Waals surface area contributed by atoms with Gasteiger partial charge in [0.25, 0.3) is 5.91 Å². The normalized spacial score (nSPS) is 18.9. The van der Waals surface area contributed by atoms with E-state index in [1.807, 2.05) is 10.9 Å². The molecule has 1 aliphatic rings. The van der Waals surface area contributed by atoms with Gasteiger partial charge in [-0.2, -0.15) is 5.10 Å². The third kappa shape index (κ3) is 3.60. The lowest BCUT2D eigenvalue weighted by Gasteiger charge is -2.17. The monoisotopic (exact) mass is 293 g/mol. The van der Waals surface area contributed by atoms with E-state index in [4.69, 9.17) is 0 Å². The Hall–Kier alpha value is -1.89. The first-order valence-corrected chi connectivity index (χ1v) is 7.36. The number of nitrogens with zero attached hydrogens (tertiary/aromatic N) is 4. The largest absolute Gasteiger partial charge is 0.371 e. The summed E-state index contributed by atoms with van der Waals surface area (Å²) in [7, 11) is 1.51. The summed E-state index contributed by atoms with van der Waals surface area (Å²) in [6, 6.07) is -0.470. The molecule has 7 nitrogen and oxygen atoms in total. The summed E-state index contributed by atoms with van der Waals surface area (Å²) in [5, 5.41) is 7.36. The lowest BCUT2D eigenvalue weighted by atomic mass is 10.2. The Morgan fingerprint density at radius 2 is 2.10 bits per heavy atom. The van der Waals surface area contributed by atoms with Crippen molar-refractivity contribution in [1.29, 1.82) is 0 Å². The van der Waals surface area contributed by atoms with Gasteiger partial charge in [-0.1, -0.05) is 13.8 Å². The third-order valence-electron chi connectivity index (χ3n) is 3.90. The van der Waals surface area contributed by atoms with Gasteiger partial charge in [-0.05, 0) is 13.1 Å². The Labute approximate surface area is 124 Å².